The number of carbonyl (C=O) groups excluding carboxylic acids is 1. The fourth-order valence-electron chi connectivity index (χ4n) is 2.58. The van der Waals surface area contributed by atoms with Gasteiger partial charge in [0.15, 0.2) is 0 Å². The Hall–Kier alpha value is -0.970. The molecule has 0 aromatic carbocycles. The van der Waals surface area contributed by atoms with Crippen LogP contribution in [0.3, 0.4) is 0 Å². The number of carboxylic acids is 1. The lowest BCUT2D eigenvalue weighted by atomic mass is 9.85. The maximum Gasteiger partial charge on any atom is 0.312 e. The van der Waals surface area contributed by atoms with Crippen LogP contribution < -0.4 is 5.11 Å². The molecule has 0 saturated heterocycles. The number of aliphatic carboxylic acids is 1. The highest BCUT2D eigenvalue weighted by Gasteiger charge is 2.50. The predicted molar refractivity (Wildman–Crippen MR) is 44.8 cm³/mol. The first-order chi connectivity index (χ1) is 6.93. The largest absolute Gasteiger partial charge is 0.544 e. The van der Waals surface area contributed by atoms with Crippen molar-refractivity contribution in [2.45, 2.75) is 24.9 Å². The van der Waals surface area contributed by atoms with E-state index in [1.807, 2.05) is 6.08 Å². The molecule has 5 heteroatoms. The number of alkyl halides is 2. The molecule has 3 nitrogen and oxygen atoms in total. The molecule has 0 spiro atoms. The lowest BCUT2D eigenvalue weighted by Gasteiger charge is -2.31. The molecule has 0 aromatic heterocycles. The Labute approximate surface area is 85.4 Å². The average molecular weight is 217 g/mol. The molecule has 0 heterocycles. The highest BCUT2D eigenvalue weighted by molar-refractivity contribution is 5.74. The van der Waals surface area contributed by atoms with Crippen molar-refractivity contribution in [3.8, 4) is 0 Å². The second kappa shape index (κ2) is 3.27. The molecular formula is C10H11F2O3-. The Balaban J connectivity index is 2.12. The minimum absolute atomic E-state index is 0.116. The summed E-state index contributed by atoms with van der Waals surface area (Å²) in [5.41, 5.74) is 0. The summed E-state index contributed by atoms with van der Waals surface area (Å²) in [7, 11) is 0. The van der Waals surface area contributed by atoms with E-state index in [0.29, 0.717) is 6.42 Å². The molecule has 2 bridgehead atoms. The number of halogens is 2. The number of aliphatic hydroxyl groups is 1. The number of allylic oxidation sites excluding steroid dienone is 2. The Morgan fingerprint density at radius 3 is 2.53 bits per heavy atom. The average Bonchev–Trinajstić information content (AvgIpc) is 2.76. The Bertz CT molecular complexity index is 314. The summed E-state index contributed by atoms with van der Waals surface area (Å²) >= 11 is 0. The lowest BCUT2D eigenvalue weighted by Crippen LogP contribution is -2.53. The molecule has 84 valence electrons. The van der Waals surface area contributed by atoms with Crippen molar-refractivity contribution < 1.29 is 23.8 Å². The summed E-state index contributed by atoms with van der Waals surface area (Å²) in [5, 5.41) is 19.6. The molecule has 1 fully saturated rings. The van der Waals surface area contributed by atoms with Crippen molar-refractivity contribution in [1.29, 1.82) is 0 Å². The molecule has 4 unspecified atom stereocenters. The van der Waals surface area contributed by atoms with Gasteiger partial charge in [-0.25, -0.2) is 0 Å². The van der Waals surface area contributed by atoms with Crippen LogP contribution in [0.15, 0.2) is 12.2 Å². The van der Waals surface area contributed by atoms with Crippen molar-refractivity contribution >= 4 is 5.97 Å². The third-order valence-corrected chi connectivity index (χ3v) is 3.38. The zero-order valence-electron chi connectivity index (χ0n) is 7.90. The molecule has 15 heavy (non-hydrogen) atoms. The molecule has 1 N–H and O–H groups in total. The van der Waals surface area contributed by atoms with Gasteiger partial charge in [0.1, 0.15) is 12.1 Å². The van der Waals surface area contributed by atoms with Gasteiger partial charge in [-0.15, -0.1) is 0 Å². The first-order valence-electron chi connectivity index (χ1n) is 4.88. The van der Waals surface area contributed by atoms with Crippen LogP contribution >= 0.6 is 0 Å². The van der Waals surface area contributed by atoms with Gasteiger partial charge in [0.2, 0.25) is 0 Å². The van der Waals surface area contributed by atoms with Crippen LogP contribution in [0.5, 0.6) is 0 Å². The second-order valence-corrected chi connectivity index (χ2v) is 4.30. The van der Waals surface area contributed by atoms with Crippen molar-refractivity contribution in [3.63, 3.8) is 0 Å². The zero-order chi connectivity index (χ0) is 11.2. The topological polar surface area (TPSA) is 60.4 Å². The van der Waals surface area contributed by atoms with Crippen LogP contribution in [0.25, 0.3) is 0 Å². The summed E-state index contributed by atoms with van der Waals surface area (Å²) < 4.78 is 26.0. The normalized spacial score (nSPS) is 35.8. The number of hydrogen-bond acceptors (Lipinski definition) is 3. The second-order valence-electron chi connectivity index (χ2n) is 4.30. The molecule has 0 aliphatic heterocycles. The Morgan fingerprint density at radius 2 is 2.13 bits per heavy atom. The molecule has 4 atom stereocenters. The highest BCUT2D eigenvalue weighted by Crippen LogP contribution is 2.47. The Morgan fingerprint density at radius 1 is 1.47 bits per heavy atom. The standard InChI is InChI=1S/C10H12F2O3/c11-10(12,9(14)15)8(13)7-4-5-1-2-6(7)3-5/h1-2,5-8,13H,3-4H2,(H,14,15)/p-1. The first kappa shape index (κ1) is 10.5. The van der Waals surface area contributed by atoms with Crippen LogP contribution in [0.4, 0.5) is 8.78 Å². The third-order valence-electron chi connectivity index (χ3n) is 3.38. The molecule has 2 aliphatic rings. The van der Waals surface area contributed by atoms with Gasteiger partial charge in [-0.1, -0.05) is 12.2 Å². The van der Waals surface area contributed by atoms with Gasteiger partial charge >= 0.3 is 5.92 Å². The number of carbonyl (C=O) groups is 1. The van der Waals surface area contributed by atoms with Crippen molar-refractivity contribution in [3.05, 3.63) is 12.2 Å². The van der Waals surface area contributed by atoms with Crippen LogP contribution in [0.2, 0.25) is 0 Å². The van der Waals surface area contributed by atoms with E-state index in [1.54, 1.807) is 6.08 Å². The molecule has 1 saturated carbocycles. The third kappa shape index (κ3) is 1.55. The van der Waals surface area contributed by atoms with Gasteiger partial charge in [-0.3, -0.25) is 0 Å². The SMILES string of the molecule is O=C([O-])C(F)(F)C(O)C1CC2C=CC1C2. The van der Waals surface area contributed by atoms with E-state index >= 15 is 0 Å². The van der Waals surface area contributed by atoms with E-state index in [-0.39, 0.29) is 11.8 Å². The van der Waals surface area contributed by atoms with Crippen molar-refractivity contribution in [2.75, 3.05) is 0 Å². The number of fused-ring (bicyclic) bond motifs is 2. The zero-order valence-corrected chi connectivity index (χ0v) is 7.90. The Kier molecular flexibility index (Phi) is 2.30. The van der Waals surface area contributed by atoms with E-state index in [2.05, 4.69) is 0 Å². The number of rotatable bonds is 3. The van der Waals surface area contributed by atoms with Gasteiger partial charge in [-0.2, -0.15) is 8.78 Å². The van der Waals surface area contributed by atoms with Gasteiger partial charge in [0.25, 0.3) is 0 Å². The van der Waals surface area contributed by atoms with Crippen molar-refractivity contribution in [1.82, 2.24) is 0 Å². The minimum Gasteiger partial charge on any atom is -0.544 e. The van der Waals surface area contributed by atoms with E-state index in [9.17, 15) is 23.8 Å². The number of hydrogen-bond donors (Lipinski definition) is 1. The molecule has 2 aliphatic carbocycles. The molecule has 0 radical (unpaired) electrons. The van der Waals surface area contributed by atoms with E-state index in [1.165, 1.54) is 0 Å². The van der Waals surface area contributed by atoms with E-state index < -0.39 is 23.9 Å². The maximum absolute atomic E-state index is 13.0. The molecule has 0 amide bonds. The van der Waals surface area contributed by atoms with Gasteiger partial charge < -0.3 is 15.0 Å². The van der Waals surface area contributed by atoms with Gasteiger partial charge in [0, 0.05) is 0 Å². The van der Waals surface area contributed by atoms with Gasteiger partial charge in [-0.05, 0) is 30.6 Å². The van der Waals surface area contributed by atoms with Crippen LogP contribution in [0.1, 0.15) is 12.8 Å². The molecule has 0 aromatic rings. The maximum atomic E-state index is 13.0. The molecule has 2 rings (SSSR count). The summed E-state index contributed by atoms with van der Waals surface area (Å²) in [5.74, 6) is -7.21. The fraction of sp³-hybridized carbons (Fsp3) is 0.700. The van der Waals surface area contributed by atoms with Gasteiger partial charge in [0.05, 0.1) is 0 Å². The minimum atomic E-state index is -4.15. The summed E-state index contributed by atoms with van der Waals surface area (Å²) in [6, 6.07) is 0. The summed E-state index contributed by atoms with van der Waals surface area (Å²) in [4.78, 5) is 10.2. The van der Waals surface area contributed by atoms with Crippen LogP contribution in [0, 0.1) is 17.8 Å². The van der Waals surface area contributed by atoms with Crippen LogP contribution in [-0.2, 0) is 4.79 Å². The van der Waals surface area contributed by atoms with E-state index in [4.69, 9.17) is 0 Å². The summed E-state index contributed by atoms with van der Waals surface area (Å²) in [6.07, 6.45) is 2.76. The predicted octanol–water partition coefficient (Wildman–Crippen LogP) is -0.0553. The fourth-order valence-corrected chi connectivity index (χ4v) is 2.58. The van der Waals surface area contributed by atoms with Crippen LogP contribution in [-0.4, -0.2) is 23.1 Å². The highest BCUT2D eigenvalue weighted by atomic mass is 19.3. The monoisotopic (exact) mass is 217 g/mol. The molecular weight excluding hydrogens is 206 g/mol. The quantitative estimate of drug-likeness (QED) is 0.674. The smallest absolute Gasteiger partial charge is 0.312 e. The van der Waals surface area contributed by atoms with E-state index in [0.717, 1.165) is 6.42 Å². The number of aliphatic hydroxyl groups excluding tert-OH is 1. The first-order valence-corrected chi connectivity index (χ1v) is 4.88. The number of carboxylic acid groups (broad SMARTS) is 1. The summed E-state index contributed by atoms with van der Waals surface area (Å²) in [6.45, 7) is 0. The lowest BCUT2D eigenvalue weighted by molar-refractivity contribution is -0.338. The van der Waals surface area contributed by atoms with Crippen molar-refractivity contribution in [2.24, 2.45) is 17.8 Å².